The van der Waals surface area contributed by atoms with Gasteiger partial charge in [-0.1, -0.05) is 6.92 Å². The van der Waals surface area contributed by atoms with Crippen molar-refractivity contribution in [2.45, 2.75) is 32.2 Å². The first-order valence-corrected chi connectivity index (χ1v) is 4.90. The number of carboxylic acids is 1. The average Bonchev–Trinajstić information content (AvgIpc) is 2.93. The van der Waals surface area contributed by atoms with Crippen molar-refractivity contribution < 1.29 is 14.7 Å². The second kappa shape index (κ2) is 4.83. The lowest BCUT2D eigenvalue weighted by molar-refractivity contribution is -0.139. The predicted molar refractivity (Wildman–Crippen MR) is 51.0 cm³/mol. The minimum atomic E-state index is -0.992. The summed E-state index contributed by atoms with van der Waals surface area (Å²) < 4.78 is 0. The maximum Gasteiger partial charge on any atom is 0.326 e. The normalized spacial score (nSPS) is 17.2. The van der Waals surface area contributed by atoms with E-state index >= 15 is 0 Å². The summed E-state index contributed by atoms with van der Waals surface area (Å²) in [5.41, 5.74) is 0. The molecule has 1 aliphatic rings. The van der Waals surface area contributed by atoms with E-state index in [1.54, 1.807) is 6.92 Å². The molecule has 0 aromatic carbocycles. The molecule has 1 rings (SSSR count). The quantitative estimate of drug-likeness (QED) is 0.606. The summed E-state index contributed by atoms with van der Waals surface area (Å²) >= 11 is 0. The van der Waals surface area contributed by atoms with Crippen LogP contribution < -0.4 is 10.6 Å². The van der Waals surface area contributed by atoms with E-state index in [0.717, 1.165) is 12.8 Å². The number of aliphatic carboxylic acids is 1. The molecule has 14 heavy (non-hydrogen) atoms. The van der Waals surface area contributed by atoms with Crippen LogP contribution in [0.15, 0.2) is 0 Å². The molecule has 1 saturated carbocycles. The van der Waals surface area contributed by atoms with Gasteiger partial charge in [0.2, 0.25) is 0 Å². The first-order valence-electron chi connectivity index (χ1n) is 4.90. The molecule has 0 saturated heterocycles. The molecule has 0 aliphatic heterocycles. The second-order valence-electron chi connectivity index (χ2n) is 3.60. The first-order chi connectivity index (χ1) is 6.63. The monoisotopic (exact) mass is 200 g/mol. The molecule has 2 amide bonds. The van der Waals surface area contributed by atoms with E-state index in [1.165, 1.54) is 0 Å². The fourth-order valence-electron chi connectivity index (χ4n) is 1.11. The van der Waals surface area contributed by atoms with E-state index in [4.69, 9.17) is 5.11 Å². The summed E-state index contributed by atoms with van der Waals surface area (Å²) in [5, 5.41) is 13.7. The molecule has 0 aromatic heterocycles. The SMILES string of the molecule is CC[C@H](NC(=O)NCC1CC1)C(=O)O. The van der Waals surface area contributed by atoms with Crippen molar-refractivity contribution in [1.82, 2.24) is 10.6 Å². The van der Waals surface area contributed by atoms with Gasteiger partial charge >= 0.3 is 12.0 Å². The number of hydrogen-bond acceptors (Lipinski definition) is 2. The number of urea groups is 1. The van der Waals surface area contributed by atoms with Crippen LogP contribution in [-0.2, 0) is 4.79 Å². The molecule has 0 radical (unpaired) electrons. The number of hydrogen-bond donors (Lipinski definition) is 3. The predicted octanol–water partition coefficient (Wildman–Crippen LogP) is 0.559. The average molecular weight is 200 g/mol. The van der Waals surface area contributed by atoms with Gasteiger partial charge in [-0.2, -0.15) is 0 Å². The Hall–Kier alpha value is -1.26. The lowest BCUT2D eigenvalue weighted by Crippen LogP contribution is -2.46. The van der Waals surface area contributed by atoms with Crippen LogP contribution in [0.25, 0.3) is 0 Å². The second-order valence-corrected chi connectivity index (χ2v) is 3.60. The molecule has 80 valence electrons. The van der Waals surface area contributed by atoms with Crippen LogP contribution in [0.5, 0.6) is 0 Å². The summed E-state index contributed by atoms with van der Waals surface area (Å²) in [6, 6.07) is -1.17. The molecule has 1 atom stereocenters. The molecule has 3 N–H and O–H groups in total. The van der Waals surface area contributed by atoms with Crippen LogP contribution >= 0.6 is 0 Å². The molecule has 5 nitrogen and oxygen atoms in total. The lowest BCUT2D eigenvalue weighted by atomic mass is 10.2. The zero-order valence-corrected chi connectivity index (χ0v) is 8.25. The molecular formula is C9H16N2O3. The van der Waals surface area contributed by atoms with Gasteiger partial charge in [-0.3, -0.25) is 0 Å². The standard InChI is InChI=1S/C9H16N2O3/c1-2-7(8(12)13)11-9(14)10-5-6-3-4-6/h6-7H,2-5H2,1H3,(H,12,13)(H2,10,11,14)/t7-/m0/s1. The third-order valence-electron chi connectivity index (χ3n) is 2.26. The Bertz CT molecular complexity index is 226. The van der Waals surface area contributed by atoms with Gasteiger partial charge in [0.15, 0.2) is 0 Å². The van der Waals surface area contributed by atoms with Crippen LogP contribution in [0.2, 0.25) is 0 Å². The third-order valence-corrected chi connectivity index (χ3v) is 2.26. The van der Waals surface area contributed by atoms with Gasteiger partial charge < -0.3 is 15.7 Å². The van der Waals surface area contributed by atoms with Gasteiger partial charge in [0.1, 0.15) is 6.04 Å². The summed E-state index contributed by atoms with van der Waals surface area (Å²) in [6.07, 6.45) is 2.72. The summed E-state index contributed by atoms with van der Waals surface area (Å²) in [5.74, 6) is -0.389. The summed E-state index contributed by atoms with van der Waals surface area (Å²) in [6.45, 7) is 2.38. The number of carboxylic acid groups (broad SMARTS) is 1. The van der Waals surface area contributed by atoms with Crippen LogP contribution in [0.3, 0.4) is 0 Å². The first kappa shape index (κ1) is 10.8. The fraction of sp³-hybridized carbons (Fsp3) is 0.778. The molecule has 0 aromatic rings. The zero-order chi connectivity index (χ0) is 10.6. The highest BCUT2D eigenvalue weighted by molar-refractivity contribution is 5.82. The van der Waals surface area contributed by atoms with Gasteiger partial charge in [0.05, 0.1) is 0 Å². The minimum Gasteiger partial charge on any atom is -0.480 e. The van der Waals surface area contributed by atoms with E-state index in [2.05, 4.69) is 10.6 Å². The van der Waals surface area contributed by atoms with Gasteiger partial charge in [-0.15, -0.1) is 0 Å². The maximum atomic E-state index is 11.2. The number of rotatable bonds is 5. The van der Waals surface area contributed by atoms with E-state index in [9.17, 15) is 9.59 Å². The molecule has 0 heterocycles. The zero-order valence-electron chi connectivity index (χ0n) is 8.25. The topological polar surface area (TPSA) is 78.4 Å². The highest BCUT2D eigenvalue weighted by atomic mass is 16.4. The van der Waals surface area contributed by atoms with Crippen molar-refractivity contribution in [1.29, 1.82) is 0 Å². The van der Waals surface area contributed by atoms with Gasteiger partial charge in [-0.25, -0.2) is 9.59 Å². The highest BCUT2D eigenvalue weighted by Crippen LogP contribution is 2.27. The Balaban J connectivity index is 2.19. The Morgan fingerprint density at radius 3 is 2.57 bits per heavy atom. The highest BCUT2D eigenvalue weighted by Gasteiger charge is 2.23. The number of carbonyl (C=O) groups is 2. The third kappa shape index (κ3) is 3.64. The van der Waals surface area contributed by atoms with Crippen molar-refractivity contribution in [3.8, 4) is 0 Å². The van der Waals surface area contributed by atoms with Crippen molar-refractivity contribution in [2.24, 2.45) is 5.92 Å². The van der Waals surface area contributed by atoms with Crippen molar-refractivity contribution >= 4 is 12.0 Å². The van der Waals surface area contributed by atoms with E-state index in [1.807, 2.05) is 0 Å². The Morgan fingerprint density at radius 1 is 1.50 bits per heavy atom. The molecule has 5 heteroatoms. The molecule has 1 fully saturated rings. The smallest absolute Gasteiger partial charge is 0.326 e. The van der Waals surface area contributed by atoms with Crippen LogP contribution in [0, 0.1) is 5.92 Å². The molecule has 0 bridgehead atoms. The number of carbonyl (C=O) groups excluding carboxylic acids is 1. The maximum absolute atomic E-state index is 11.2. The summed E-state index contributed by atoms with van der Waals surface area (Å²) in [4.78, 5) is 21.7. The van der Waals surface area contributed by atoms with Gasteiger partial charge in [0.25, 0.3) is 0 Å². The van der Waals surface area contributed by atoms with Crippen LogP contribution in [0.4, 0.5) is 4.79 Å². The Morgan fingerprint density at radius 2 is 2.14 bits per heavy atom. The van der Waals surface area contributed by atoms with E-state index < -0.39 is 12.0 Å². The molecular weight excluding hydrogens is 184 g/mol. The van der Waals surface area contributed by atoms with Crippen molar-refractivity contribution in [2.75, 3.05) is 6.54 Å². The largest absolute Gasteiger partial charge is 0.480 e. The summed E-state index contributed by atoms with van der Waals surface area (Å²) in [7, 11) is 0. The van der Waals surface area contributed by atoms with E-state index in [0.29, 0.717) is 18.9 Å². The lowest BCUT2D eigenvalue weighted by Gasteiger charge is -2.12. The Labute approximate surface area is 82.9 Å². The molecule has 0 spiro atoms. The van der Waals surface area contributed by atoms with Crippen LogP contribution in [0.1, 0.15) is 26.2 Å². The Kier molecular flexibility index (Phi) is 3.73. The number of amides is 2. The fourth-order valence-corrected chi connectivity index (χ4v) is 1.11. The van der Waals surface area contributed by atoms with Gasteiger partial charge in [0, 0.05) is 6.54 Å². The molecule has 1 aliphatic carbocycles. The minimum absolute atomic E-state index is 0.383. The van der Waals surface area contributed by atoms with Crippen molar-refractivity contribution in [3.63, 3.8) is 0 Å². The van der Waals surface area contributed by atoms with E-state index in [-0.39, 0.29) is 6.03 Å². The molecule has 0 unspecified atom stereocenters. The van der Waals surface area contributed by atoms with Crippen LogP contribution in [-0.4, -0.2) is 29.7 Å². The van der Waals surface area contributed by atoms with Crippen molar-refractivity contribution in [3.05, 3.63) is 0 Å². The number of nitrogens with one attached hydrogen (secondary N) is 2. The van der Waals surface area contributed by atoms with Gasteiger partial charge in [-0.05, 0) is 25.2 Å².